The quantitative estimate of drug-likeness (QED) is 0.863. The van der Waals surface area contributed by atoms with Gasteiger partial charge in [-0.2, -0.15) is 11.3 Å². The van der Waals surface area contributed by atoms with Crippen LogP contribution in [0.1, 0.15) is 17.0 Å². The molecule has 0 amide bonds. The maximum atomic E-state index is 6.05. The van der Waals surface area contributed by atoms with E-state index in [-0.39, 0.29) is 0 Å². The summed E-state index contributed by atoms with van der Waals surface area (Å²) in [4.78, 5) is 0. The number of rotatable bonds is 5. The smallest absolute Gasteiger partial charge is 0.0408 e. The Labute approximate surface area is 111 Å². The van der Waals surface area contributed by atoms with Crippen LogP contribution in [0.4, 0.5) is 0 Å². The zero-order valence-corrected chi connectivity index (χ0v) is 11.4. The summed E-state index contributed by atoms with van der Waals surface area (Å²) in [7, 11) is 1.99. The van der Waals surface area contributed by atoms with Gasteiger partial charge in [-0.3, -0.25) is 0 Å². The number of hydrogen-bond acceptors (Lipinski definition) is 2. The van der Waals surface area contributed by atoms with Gasteiger partial charge in [-0.15, -0.1) is 0 Å². The summed E-state index contributed by atoms with van der Waals surface area (Å²) < 4.78 is 0. The van der Waals surface area contributed by atoms with Gasteiger partial charge in [0.2, 0.25) is 0 Å². The van der Waals surface area contributed by atoms with E-state index < -0.39 is 0 Å². The van der Waals surface area contributed by atoms with Gasteiger partial charge in [-0.1, -0.05) is 23.7 Å². The highest BCUT2D eigenvalue weighted by Gasteiger charge is 2.12. The summed E-state index contributed by atoms with van der Waals surface area (Å²) in [5, 5.41) is 8.42. The Hall–Kier alpha value is -0.830. The Balaban J connectivity index is 2.16. The molecule has 1 atom stereocenters. The molecule has 0 saturated carbocycles. The summed E-state index contributed by atoms with van der Waals surface area (Å²) in [5.74, 6) is 0.480. The largest absolute Gasteiger partial charge is 0.319 e. The molecule has 0 saturated heterocycles. The van der Waals surface area contributed by atoms with Gasteiger partial charge in [-0.05, 0) is 53.6 Å². The molecule has 1 aromatic heterocycles. The Kier molecular flexibility index (Phi) is 4.60. The third-order valence-corrected chi connectivity index (χ3v) is 3.80. The van der Waals surface area contributed by atoms with Crippen molar-refractivity contribution in [3.8, 4) is 0 Å². The highest BCUT2D eigenvalue weighted by molar-refractivity contribution is 7.07. The minimum Gasteiger partial charge on any atom is -0.319 e. The van der Waals surface area contributed by atoms with Crippen LogP contribution in [-0.4, -0.2) is 13.6 Å². The van der Waals surface area contributed by atoms with E-state index in [2.05, 4.69) is 34.3 Å². The maximum absolute atomic E-state index is 6.05. The Bertz CT molecular complexity index is 453. The summed E-state index contributed by atoms with van der Waals surface area (Å²) in [6.07, 6.45) is 1.06. The van der Waals surface area contributed by atoms with Gasteiger partial charge in [0.1, 0.15) is 0 Å². The van der Waals surface area contributed by atoms with Crippen LogP contribution in [-0.2, 0) is 6.42 Å². The number of nitrogens with one attached hydrogen (secondary N) is 1. The number of thiophene rings is 1. The lowest BCUT2D eigenvalue weighted by molar-refractivity contribution is 0.626. The fourth-order valence-electron chi connectivity index (χ4n) is 2.01. The van der Waals surface area contributed by atoms with Gasteiger partial charge in [0, 0.05) is 17.5 Å². The zero-order chi connectivity index (χ0) is 12.1. The van der Waals surface area contributed by atoms with Gasteiger partial charge in [0.05, 0.1) is 0 Å². The molecular formula is C14H16ClNS. The normalized spacial score (nSPS) is 12.6. The lowest BCUT2D eigenvalue weighted by Gasteiger charge is -2.16. The summed E-state index contributed by atoms with van der Waals surface area (Å²) in [6.45, 7) is 0.968. The van der Waals surface area contributed by atoms with Crippen LogP contribution >= 0.6 is 22.9 Å². The minimum atomic E-state index is 0.480. The number of benzene rings is 1. The van der Waals surface area contributed by atoms with Crippen molar-refractivity contribution in [1.29, 1.82) is 0 Å². The first-order chi connectivity index (χ1) is 8.29. The van der Waals surface area contributed by atoms with Crippen molar-refractivity contribution in [2.24, 2.45) is 0 Å². The molecule has 0 fully saturated rings. The minimum absolute atomic E-state index is 0.480. The molecule has 1 N–H and O–H groups in total. The average Bonchev–Trinajstić information content (AvgIpc) is 2.81. The van der Waals surface area contributed by atoms with Crippen molar-refractivity contribution in [3.63, 3.8) is 0 Å². The lowest BCUT2D eigenvalue weighted by atomic mass is 9.93. The van der Waals surface area contributed by atoms with Gasteiger partial charge < -0.3 is 5.32 Å². The summed E-state index contributed by atoms with van der Waals surface area (Å²) >= 11 is 7.80. The molecule has 1 heterocycles. The van der Waals surface area contributed by atoms with Crippen LogP contribution in [0.25, 0.3) is 0 Å². The van der Waals surface area contributed by atoms with Crippen LogP contribution in [0.2, 0.25) is 5.02 Å². The van der Waals surface area contributed by atoms with E-state index in [1.165, 1.54) is 11.1 Å². The van der Waals surface area contributed by atoms with E-state index in [1.807, 2.05) is 19.2 Å². The Morgan fingerprint density at radius 1 is 1.35 bits per heavy atom. The molecule has 17 heavy (non-hydrogen) atoms. The van der Waals surface area contributed by atoms with Crippen LogP contribution in [0.5, 0.6) is 0 Å². The van der Waals surface area contributed by atoms with Gasteiger partial charge in [0.25, 0.3) is 0 Å². The molecule has 0 aliphatic heterocycles. The second-order valence-electron chi connectivity index (χ2n) is 4.15. The molecule has 3 heteroatoms. The van der Waals surface area contributed by atoms with E-state index in [0.717, 1.165) is 18.0 Å². The van der Waals surface area contributed by atoms with Crippen LogP contribution in [0.3, 0.4) is 0 Å². The molecular weight excluding hydrogens is 250 g/mol. The first kappa shape index (κ1) is 12.6. The molecule has 0 spiro atoms. The predicted octanol–water partition coefficient (Wildman–Crippen LogP) is 3.95. The third-order valence-electron chi connectivity index (χ3n) is 2.83. The average molecular weight is 266 g/mol. The lowest BCUT2D eigenvalue weighted by Crippen LogP contribution is -2.19. The van der Waals surface area contributed by atoms with Gasteiger partial charge in [-0.25, -0.2) is 0 Å². The molecule has 1 nitrogen and oxygen atoms in total. The van der Waals surface area contributed by atoms with E-state index in [1.54, 1.807) is 11.3 Å². The fourth-order valence-corrected chi connectivity index (χ4v) is 2.89. The molecule has 1 aromatic carbocycles. The first-order valence-corrected chi connectivity index (χ1v) is 7.03. The molecule has 90 valence electrons. The van der Waals surface area contributed by atoms with E-state index in [4.69, 9.17) is 11.6 Å². The number of halogens is 1. The Morgan fingerprint density at radius 3 is 2.88 bits per heavy atom. The second-order valence-corrected chi connectivity index (χ2v) is 5.36. The van der Waals surface area contributed by atoms with E-state index in [0.29, 0.717) is 5.92 Å². The maximum Gasteiger partial charge on any atom is 0.0408 e. The number of likely N-dealkylation sites (N-methyl/N-ethyl adjacent to an activating group) is 1. The first-order valence-electron chi connectivity index (χ1n) is 5.70. The second kappa shape index (κ2) is 6.20. The summed E-state index contributed by atoms with van der Waals surface area (Å²) in [6, 6.07) is 10.4. The van der Waals surface area contributed by atoms with E-state index in [9.17, 15) is 0 Å². The standard InChI is InChI=1S/C14H16ClNS/c1-16-9-13(7-11-5-6-17-10-11)12-3-2-4-14(15)8-12/h2-6,8,10,13,16H,7,9H2,1H3. The number of hydrogen-bond donors (Lipinski definition) is 1. The van der Waals surface area contributed by atoms with Gasteiger partial charge in [0.15, 0.2) is 0 Å². The molecule has 0 aliphatic rings. The van der Waals surface area contributed by atoms with Crippen LogP contribution in [0, 0.1) is 0 Å². The topological polar surface area (TPSA) is 12.0 Å². The SMILES string of the molecule is CNCC(Cc1ccsc1)c1cccc(Cl)c1. The summed E-state index contributed by atoms with van der Waals surface area (Å²) in [5.41, 5.74) is 2.70. The Morgan fingerprint density at radius 2 is 2.24 bits per heavy atom. The third kappa shape index (κ3) is 3.56. The highest BCUT2D eigenvalue weighted by Crippen LogP contribution is 2.24. The molecule has 1 unspecified atom stereocenters. The molecule has 2 aromatic rings. The van der Waals surface area contributed by atoms with Crippen molar-refractivity contribution in [2.75, 3.05) is 13.6 Å². The van der Waals surface area contributed by atoms with Gasteiger partial charge >= 0.3 is 0 Å². The van der Waals surface area contributed by atoms with Crippen molar-refractivity contribution < 1.29 is 0 Å². The van der Waals surface area contributed by atoms with Crippen LogP contribution < -0.4 is 5.32 Å². The van der Waals surface area contributed by atoms with Crippen molar-refractivity contribution in [1.82, 2.24) is 5.32 Å². The van der Waals surface area contributed by atoms with Crippen molar-refractivity contribution in [3.05, 3.63) is 57.2 Å². The highest BCUT2D eigenvalue weighted by atomic mass is 35.5. The molecule has 0 radical (unpaired) electrons. The fraction of sp³-hybridized carbons (Fsp3) is 0.286. The van der Waals surface area contributed by atoms with Crippen molar-refractivity contribution in [2.45, 2.75) is 12.3 Å². The molecule has 0 bridgehead atoms. The molecule has 2 rings (SSSR count). The predicted molar refractivity (Wildman–Crippen MR) is 76.1 cm³/mol. The van der Waals surface area contributed by atoms with Crippen LogP contribution in [0.15, 0.2) is 41.1 Å². The molecule has 0 aliphatic carbocycles. The van der Waals surface area contributed by atoms with Crippen molar-refractivity contribution >= 4 is 22.9 Å². The zero-order valence-electron chi connectivity index (χ0n) is 9.82. The van der Waals surface area contributed by atoms with E-state index >= 15 is 0 Å². The monoisotopic (exact) mass is 265 g/mol.